The van der Waals surface area contributed by atoms with Gasteiger partial charge in [-0.15, -0.1) is 0 Å². The van der Waals surface area contributed by atoms with E-state index in [2.05, 4.69) is 31.2 Å². The van der Waals surface area contributed by atoms with E-state index < -0.39 is 6.04 Å². The molecule has 1 unspecified atom stereocenters. The van der Waals surface area contributed by atoms with E-state index in [0.717, 1.165) is 18.4 Å². The minimum Gasteiger partial charge on any atom is -0.322 e. The van der Waals surface area contributed by atoms with Gasteiger partial charge in [0.25, 0.3) is 5.91 Å². The van der Waals surface area contributed by atoms with Gasteiger partial charge in [0, 0.05) is 12.1 Å². The van der Waals surface area contributed by atoms with Gasteiger partial charge in [0.15, 0.2) is 5.82 Å². The minimum absolute atomic E-state index is 0.0616. The Morgan fingerprint density at radius 1 is 1.18 bits per heavy atom. The molecule has 0 radical (unpaired) electrons. The van der Waals surface area contributed by atoms with Gasteiger partial charge < -0.3 is 10.2 Å². The van der Waals surface area contributed by atoms with E-state index in [0.29, 0.717) is 34.9 Å². The molecule has 1 atom stereocenters. The molecule has 4 rings (SSSR count). The molecule has 0 spiro atoms. The molecule has 7 heteroatoms. The number of anilines is 1. The largest absolute Gasteiger partial charge is 0.322 e. The highest BCUT2D eigenvalue weighted by molar-refractivity contribution is 9.10. The smallest absolute Gasteiger partial charge is 0.255 e. The van der Waals surface area contributed by atoms with E-state index in [1.165, 1.54) is 25.5 Å². The summed E-state index contributed by atoms with van der Waals surface area (Å²) in [5.41, 5.74) is 1.68. The van der Waals surface area contributed by atoms with E-state index in [1.807, 2.05) is 24.3 Å². The number of nitrogens with one attached hydrogen (secondary N) is 1. The predicted octanol–water partition coefficient (Wildman–Crippen LogP) is 4.17. The Hall–Kier alpha value is -2.28. The second-order valence-electron chi connectivity index (χ2n) is 7.56. The van der Waals surface area contributed by atoms with Crippen LogP contribution < -0.4 is 5.32 Å². The first kappa shape index (κ1) is 19.1. The molecule has 1 aromatic heterocycles. The number of halogens is 1. The number of fused-ring (bicyclic) bond motifs is 1. The number of rotatable bonds is 5. The first-order valence-corrected chi connectivity index (χ1v) is 10.6. The van der Waals surface area contributed by atoms with E-state index in [9.17, 15) is 9.59 Å². The van der Waals surface area contributed by atoms with Crippen LogP contribution in [0.4, 0.5) is 5.82 Å². The Kier molecular flexibility index (Phi) is 5.71. The summed E-state index contributed by atoms with van der Waals surface area (Å²) in [4.78, 5) is 36.2. The third kappa shape index (κ3) is 4.09. The lowest BCUT2D eigenvalue weighted by Crippen LogP contribution is -2.45. The van der Waals surface area contributed by atoms with E-state index >= 15 is 0 Å². The number of carbonyl (C=O) groups is 2. The lowest BCUT2D eigenvalue weighted by molar-refractivity contribution is -0.121. The van der Waals surface area contributed by atoms with Gasteiger partial charge in [0.05, 0.1) is 12.4 Å². The lowest BCUT2D eigenvalue weighted by atomic mass is 9.84. The highest BCUT2D eigenvalue weighted by atomic mass is 79.9. The maximum Gasteiger partial charge on any atom is 0.255 e. The minimum atomic E-state index is -0.506. The fraction of sp³-hybridized carbons (Fsp3) is 0.429. The maximum absolute atomic E-state index is 13.2. The highest BCUT2D eigenvalue weighted by Crippen LogP contribution is 2.32. The van der Waals surface area contributed by atoms with Crippen LogP contribution >= 0.6 is 15.9 Å². The maximum atomic E-state index is 13.2. The van der Waals surface area contributed by atoms with E-state index in [1.54, 1.807) is 11.1 Å². The van der Waals surface area contributed by atoms with Gasteiger partial charge in [-0.1, -0.05) is 50.3 Å². The van der Waals surface area contributed by atoms with Crippen LogP contribution in [-0.2, 0) is 11.3 Å². The Bertz CT molecular complexity index is 865. The predicted molar refractivity (Wildman–Crippen MR) is 110 cm³/mol. The number of amides is 2. The van der Waals surface area contributed by atoms with Crippen LogP contribution in [0.5, 0.6) is 0 Å². The van der Waals surface area contributed by atoms with Gasteiger partial charge in [-0.05, 0) is 39.9 Å². The quantitative estimate of drug-likeness (QED) is 0.753. The molecule has 0 saturated heterocycles. The molecule has 1 fully saturated rings. The zero-order chi connectivity index (χ0) is 19.5. The van der Waals surface area contributed by atoms with Crippen LogP contribution in [0.15, 0.2) is 41.3 Å². The summed E-state index contributed by atoms with van der Waals surface area (Å²) in [7, 11) is 0. The molecule has 1 aliphatic heterocycles. The fourth-order valence-corrected chi connectivity index (χ4v) is 4.43. The average molecular weight is 443 g/mol. The van der Waals surface area contributed by atoms with Crippen molar-refractivity contribution < 1.29 is 9.59 Å². The summed E-state index contributed by atoms with van der Waals surface area (Å²) in [5.74, 6) is 0.611. The molecule has 1 aromatic carbocycles. The van der Waals surface area contributed by atoms with Crippen molar-refractivity contribution in [3.8, 4) is 0 Å². The third-order valence-corrected chi connectivity index (χ3v) is 6.09. The summed E-state index contributed by atoms with van der Waals surface area (Å²) < 4.78 is 0.606. The summed E-state index contributed by atoms with van der Waals surface area (Å²) in [6.07, 6.45) is 9.65. The molecule has 146 valence electrons. The molecule has 2 aromatic rings. The van der Waals surface area contributed by atoms with Gasteiger partial charge in [-0.2, -0.15) is 0 Å². The molecule has 2 amide bonds. The molecule has 1 aliphatic carbocycles. The Balaban J connectivity index is 1.55. The first-order valence-electron chi connectivity index (χ1n) is 9.79. The van der Waals surface area contributed by atoms with Crippen molar-refractivity contribution >= 4 is 33.6 Å². The van der Waals surface area contributed by atoms with Gasteiger partial charge in [0.2, 0.25) is 5.91 Å². The van der Waals surface area contributed by atoms with Crippen LogP contribution in [-0.4, -0.2) is 32.7 Å². The molecular formula is C21H23BrN4O2. The van der Waals surface area contributed by atoms with Crippen molar-refractivity contribution in [3.05, 3.63) is 52.4 Å². The molecule has 28 heavy (non-hydrogen) atoms. The molecule has 1 N–H and O–H groups in total. The molecule has 0 bridgehead atoms. The topological polar surface area (TPSA) is 75.2 Å². The van der Waals surface area contributed by atoms with Crippen molar-refractivity contribution in [2.45, 2.75) is 51.1 Å². The third-order valence-electron chi connectivity index (χ3n) is 5.68. The standard InChI is InChI=1S/C21H23BrN4O2/c22-18-11-24-19(12-23-18)25-20(27)17(10-14-6-2-1-3-7-14)26-13-15-8-4-5-9-16(15)21(26)28/h4-5,8-9,11-12,14,17H,1-3,6-7,10,13H2,(H,24,25,27). The second-order valence-corrected chi connectivity index (χ2v) is 8.37. The van der Waals surface area contributed by atoms with Crippen molar-refractivity contribution in [1.82, 2.24) is 14.9 Å². The van der Waals surface area contributed by atoms with Crippen LogP contribution in [0.1, 0.15) is 54.4 Å². The van der Waals surface area contributed by atoms with Gasteiger partial charge in [0.1, 0.15) is 10.6 Å². The van der Waals surface area contributed by atoms with Crippen LogP contribution in [0.3, 0.4) is 0 Å². The van der Waals surface area contributed by atoms with E-state index in [4.69, 9.17) is 0 Å². The van der Waals surface area contributed by atoms with E-state index in [-0.39, 0.29) is 11.8 Å². The highest BCUT2D eigenvalue weighted by Gasteiger charge is 2.37. The molecule has 2 heterocycles. The fourth-order valence-electron chi connectivity index (χ4n) is 4.23. The van der Waals surface area contributed by atoms with Crippen LogP contribution in [0, 0.1) is 5.92 Å². The van der Waals surface area contributed by atoms with Crippen molar-refractivity contribution in [2.75, 3.05) is 5.32 Å². The number of benzene rings is 1. The van der Waals surface area contributed by atoms with Crippen molar-refractivity contribution in [2.24, 2.45) is 5.92 Å². The van der Waals surface area contributed by atoms with Crippen LogP contribution in [0.25, 0.3) is 0 Å². The zero-order valence-corrected chi connectivity index (χ0v) is 17.2. The number of aromatic nitrogens is 2. The molecular weight excluding hydrogens is 420 g/mol. The number of nitrogens with zero attached hydrogens (tertiary/aromatic N) is 3. The van der Waals surface area contributed by atoms with Gasteiger partial charge in [-0.3, -0.25) is 9.59 Å². The summed E-state index contributed by atoms with van der Waals surface area (Å²) in [6, 6.07) is 7.10. The molecule has 2 aliphatic rings. The average Bonchev–Trinajstić information content (AvgIpc) is 3.05. The monoisotopic (exact) mass is 442 g/mol. The molecule has 6 nitrogen and oxygen atoms in total. The Morgan fingerprint density at radius 2 is 1.96 bits per heavy atom. The second kappa shape index (κ2) is 8.39. The molecule has 1 saturated carbocycles. The normalized spacial score (nSPS) is 18.0. The SMILES string of the molecule is O=C(Nc1cnc(Br)cn1)C(CC1CCCCC1)N1Cc2ccccc2C1=O. The summed E-state index contributed by atoms with van der Waals surface area (Å²) in [5, 5.41) is 2.86. The van der Waals surface area contributed by atoms with Gasteiger partial charge >= 0.3 is 0 Å². The Morgan fingerprint density at radius 3 is 2.68 bits per heavy atom. The number of carbonyl (C=O) groups excluding carboxylic acids is 2. The first-order chi connectivity index (χ1) is 13.6. The van der Waals surface area contributed by atoms with Gasteiger partial charge in [-0.25, -0.2) is 9.97 Å². The van der Waals surface area contributed by atoms with Crippen LogP contribution in [0.2, 0.25) is 0 Å². The summed E-state index contributed by atoms with van der Waals surface area (Å²) >= 11 is 3.25. The number of hydrogen-bond donors (Lipinski definition) is 1. The zero-order valence-electron chi connectivity index (χ0n) is 15.6. The summed E-state index contributed by atoms with van der Waals surface area (Å²) in [6.45, 7) is 0.478. The van der Waals surface area contributed by atoms with Crippen molar-refractivity contribution in [3.63, 3.8) is 0 Å². The number of hydrogen-bond acceptors (Lipinski definition) is 4. The lowest BCUT2D eigenvalue weighted by Gasteiger charge is -2.31. The Labute approximate surface area is 172 Å². The van der Waals surface area contributed by atoms with Crippen molar-refractivity contribution in [1.29, 1.82) is 0 Å².